The predicted octanol–water partition coefficient (Wildman–Crippen LogP) is 5.73. The molecule has 1 N–H and O–H groups in total. The van der Waals surface area contributed by atoms with Crippen molar-refractivity contribution in [2.24, 2.45) is 0 Å². The topological polar surface area (TPSA) is 64.1 Å². The SMILES string of the molecule is O=C(Nc1ccc(Sc2nncs2)cc1)c1ccc(Oc2ccccc2)cc1. The van der Waals surface area contributed by atoms with Crippen LogP contribution >= 0.6 is 23.1 Å². The fourth-order valence-corrected chi connectivity index (χ4v) is 3.87. The third-order valence-corrected chi connectivity index (χ3v) is 5.54. The molecule has 4 rings (SSSR count). The van der Waals surface area contributed by atoms with Crippen LogP contribution in [0.3, 0.4) is 0 Å². The summed E-state index contributed by atoms with van der Waals surface area (Å²) in [5.74, 6) is 1.27. The number of rotatable bonds is 6. The molecule has 0 radical (unpaired) electrons. The summed E-state index contributed by atoms with van der Waals surface area (Å²) >= 11 is 3.03. The van der Waals surface area contributed by atoms with E-state index in [-0.39, 0.29) is 5.91 Å². The van der Waals surface area contributed by atoms with Crippen LogP contribution in [0.25, 0.3) is 0 Å². The van der Waals surface area contributed by atoms with E-state index in [4.69, 9.17) is 4.74 Å². The van der Waals surface area contributed by atoms with Gasteiger partial charge in [0.05, 0.1) is 0 Å². The summed E-state index contributed by atoms with van der Waals surface area (Å²) in [5, 5.41) is 10.7. The molecule has 1 amide bonds. The largest absolute Gasteiger partial charge is 0.457 e. The first-order chi connectivity index (χ1) is 13.8. The lowest BCUT2D eigenvalue weighted by Crippen LogP contribution is -2.11. The average molecular weight is 406 g/mol. The Balaban J connectivity index is 1.36. The van der Waals surface area contributed by atoms with Gasteiger partial charge in [-0.05, 0) is 60.7 Å². The molecule has 1 aromatic heterocycles. The number of hydrogen-bond acceptors (Lipinski definition) is 6. The van der Waals surface area contributed by atoms with Crippen LogP contribution in [0.1, 0.15) is 10.4 Å². The Morgan fingerprint density at radius 3 is 2.29 bits per heavy atom. The molecule has 138 valence electrons. The van der Waals surface area contributed by atoms with Crippen molar-refractivity contribution in [3.05, 3.63) is 89.9 Å². The minimum absolute atomic E-state index is 0.171. The predicted molar refractivity (Wildman–Crippen MR) is 111 cm³/mol. The molecule has 0 saturated carbocycles. The van der Waals surface area contributed by atoms with Gasteiger partial charge >= 0.3 is 0 Å². The first-order valence-electron chi connectivity index (χ1n) is 8.45. The maximum atomic E-state index is 12.5. The number of amides is 1. The molecule has 0 aliphatic carbocycles. The van der Waals surface area contributed by atoms with Crippen molar-refractivity contribution < 1.29 is 9.53 Å². The van der Waals surface area contributed by atoms with E-state index in [1.807, 2.05) is 54.6 Å². The molecule has 1 heterocycles. The quantitative estimate of drug-likeness (QED) is 0.443. The number of carbonyl (C=O) groups is 1. The highest BCUT2D eigenvalue weighted by Crippen LogP contribution is 2.29. The Kier molecular flexibility index (Phi) is 5.65. The van der Waals surface area contributed by atoms with Gasteiger partial charge in [-0.3, -0.25) is 4.79 Å². The van der Waals surface area contributed by atoms with Crippen molar-refractivity contribution in [1.82, 2.24) is 10.2 Å². The van der Waals surface area contributed by atoms with Crippen molar-refractivity contribution in [3.63, 3.8) is 0 Å². The van der Waals surface area contributed by atoms with Gasteiger partial charge in [0, 0.05) is 16.1 Å². The van der Waals surface area contributed by atoms with Crippen molar-refractivity contribution in [2.75, 3.05) is 5.32 Å². The maximum Gasteiger partial charge on any atom is 0.255 e. The Bertz CT molecular complexity index is 1040. The van der Waals surface area contributed by atoms with Crippen molar-refractivity contribution in [2.45, 2.75) is 9.24 Å². The number of ether oxygens (including phenoxy) is 1. The molecular formula is C21H15N3O2S2. The first kappa shape index (κ1) is 18.2. The third-order valence-electron chi connectivity index (χ3n) is 3.75. The number of anilines is 1. The van der Waals surface area contributed by atoms with Crippen molar-refractivity contribution >= 4 is 34.7 Å². The van der Waals surface area contributed by atoms with Gasteiger partial charge in [0.25, 0.3) is 5.91 Å². The van der Waals surface area contributed by atoms with E-state index >= 15 is 0 Å². The van der Waals surface area contributed by atoms with Crippen LogP contribution in [0.2, 0.25) is 0 Å². The minimum Gasteiger partial charge on any atom is -0.457 e. The molecule has 0 atom stereocenters. The highest BCUT2D eigenvalue weighted by atomic mass is 32.2. The molecule has 3 aromatic carbocycles. The lowest BCUT2D eigenvalue weighted by Gasteiger charge is -2.08. The van der Waals surface area contributed by atoms with Gasteiger partial charge in [-0.1, -0.05) is 41.3 Å². The van der Waals surface area contributed by atoms with E-state index in [9.17, 15) is 4.79 Å². The number of carbonyl (C=O) groups excluding carboxylic acids is 1. The maximum absolute atomic E-state index is 12.5. The first-order valence-corrected chi connectivity index (χ1v) is 10.1. The fraction of sp³-hybridized carbons (Fsp3) is 0. The van der Waals surface area contributed by atoms with Crippen LogP contribution in [0, 0.1) is 0 Å². The molecule has 28 heavy (non-hydrogen) atoms. The summed E-state index contributed by atoms with van der Waals surface area (Å²) in [4.78, 5) is 13.5. The van der Waals surface area contributed by atoms with E-state index in [0.717, 1.165) is 20.7 Å². The number of aromatic nitrogens is 2. The van der Waals surface area contributed by atoms with Crippen LogP contribution in [-0.2, 0) is 0 Å². The normalized spacial score (nSPS) is 10.4. The van der Waals surface area contributed by atoms with Gasteiger partial charge in [-0.25, -0.2) is 0 Å². The summed E-state index contributed by atoms with van der Waals surface area (Å²) in [6.45, 7) is 0. The van der Waals surface area contributed by atoms with Crippen LogP contribution in [0.5, 0.6) is 11.5 Å². The van der Waals surface area contributed by atoms with Gasteiger partial charge in [0.1, 0.15) is 17.0 Å². The van der Waals surface area contributed by atoms with E-state index in [2.05, 4.69) is 15.5 Å². The second kappa shape index (κ2) is 8.69. The Morgan fingerprint density at radius 2 is 1.61 bits per heavy atom. The standard InChI is InChI=1S/C21H15N3O2S2/c25-20(15-6-10-18(11-7-15)26-17-4-2-1-3-5-17)23-16-8-12-19(13-9-16)28-21-24-22-14-27-21/h1-14H,(H,23,25). The lowest BCUT2D eigenvalue weighted by atomic mass is 10.2. The van der Waals surface area contributed by atoms with Crippen LogP contribution in [0.15, 0.2) is 93.6 Å². The Hall–Kier alpha value is -3.16. The fourth-order valence-electron chi connectivity index (χ4n) is 2.42. The van der Waals surface area contributed by atoms with Gasteiger partial charge in [-0.2, -0.15) is 0 Å². The monoisotopic (exact) mass is 405 g/mol. The molecule has 0 unspecified atom stereocenters. The molecular weight excluding hydrogens is 390 g/mol. The Morgan fingerprint density at radius 1 is 0.893 bits per heavy atom. The minimum atomic E-state index is -0.171. The van der Waals surface area contributed by atoms with Crippen molar-refractivity contribution in [3.8, 4) is 11.5 Å². The summed E-state index contributed by atoms with van der Waals surface area (Å²) in [6.07, 6.45) is 0. The molecule has 0 saturated heterocycles. The molecule has 0 aliphatic heterocycles. The average Bonchev–Trinajstić information content (AvgIpc) is 3.24. The third kappa shape index (κ3) is 4.76. The Labute approximate surface area is 170 Å². The number of nitrogens with one attached hydrogen (secondary N) is 1. The second-order valence-electron chi connectivity index (χ2n) is 5.72. The van der Waals surface area contributed by atoms with E-state index < -0.39 is 0 Å². The van der Waals surface area contributed by atoms with Crippen LogP contribution in [0.4, 0.5) is 5.69 Å². The summed E-state index contributed by atoms with van der Waals surface area (Å²) in [6, 6.07) is 24.2. The van der Waals surface area contributed by atoms with E-state index in [1.165, 1.54) is 23.1 Å². The van der Waals surface area contributed by atoms with Crippen LogP contribution in [-0.4, -0.2) is 16.1 Å². The number of nitrogens with zero attached hydrogens (tertiary/aromatic N) is 2. The summed E-state index contributed by atoms with van der Waals surface area (Å²) in [5.41, 5.74) is 3.00. The zero-order chi connectivity index (χ0) is 19.2. The number of para-hydroxylation sites is 1. The van der Waals surface area contributed by atoms with Gasteiger partial charge < -0.3 is 10.1 Å². The summed E-state index contributed by atoms with van der Waals surface area (Å²) in [7, 11) is 0. The van der Waals surface area contributed by atoms with Crippen LogP contribution < -0.4 is 10.1 Å². The highest BCUT2D eigenvalue weighted by molar-refractivity contribution is 8.01. The molecule has 7 heteroatoms. The summed E-state index contributed by atoms with van der Waals surface area (Å²) < 4.78 is 6.63. The molecule has 0 aliphatic rings. The van der Waals surface area contributed by atoms with Gasteiger partial charge in [-0.15, -0.1) is 10.2 Å². The van der Waals surface area contributed by atoms with Crippen molar-refractivity contribution in [1.29, 1.82) is 0 Å². The molecule has 0 spiro atoms. The van der Waals surface area contributed by atoms with E-state index in [1.54, 1.807) is 29.8 Å². The molecule has 5 nitrogen and oxygen atoms in total. The molecule has 4 aromatic rings. The van der Waals surface area contributed by atoms with Gasteiger partial charge in [0.2, 0.25) is 0 Å². The molecule has 0 bridgehead atoms. The highest BCUT2D eigenvalue weighted by Gasteiger charge is 2.07. The second-order valence-corrected chi connectivity index (χ2v) is 7.88. The van der Waals surface area contributed by atoms with E-state index in [0.29, 0.717) is 11.3 Å². The zero-order valence-electron chi connectivity index (χ0n) is 14.6. The zero-order valence-corrected chi connectivity index (χ0v) is 16.2. The lowest BCUT2D eigenvalue weighted by molar-refractivity contribution is 0.102. The smallest absolute Gasteiger partial charge is 0.255 e. The molecule has 0 fully saturated rings. The number of benzene rings is 3. The van der Waals surface area contributed by atoms with Gasteiger partial charge in [0.15, 0.2) is 4.34 Å². The number of hydrogen-bond donors (Lipinski definition) is 1.